The Morgan fingerprint density at radius 3 is 2.71 bits per heavy atom. The van der Waals surface area contributed by atoms with Gasteiger partial charge in [0.1, 0.15) is 5.03 Å². The Hall–Kier alpha value is -1.89. The molecule has 2 aromatic heterocycles. The van der Waals surface area contributed by atoms with E-state index in [2.05, 4.69) is 20.4 Å². The second-order valence-corrected chi connectivity index (χ2v) is 7.18. The van der Waals surface area contributed by atoms with Gasteiger partial charge >= 0.3 is 0 Å². The molecule has 0 unspecified atom stereocenters. The van der Waals surface area contributed by atoms with Crippen molar-refractivity contribution in [1.29, 1.82) is 0 Å². The Balaban J connectivity index is 1.65. The molecule has 128 valence electrons. The summed E-state index contributed by atoms with van der Waals surface area (Å²) in [5.41, 5.74) is 1.94. The molecular weight excluding hydrogens is 322 g/mol. The molecule has 24 heavy (non-hydrogen) atoms. The van der Waals surface area contributed by atoms with Gasteiger partial charge in [0, 0.05) is 24.1 Å². The molecule has 6 nitrogen and oxygen atoms in total. The number of nitrogens with one attached hydrogen (secondary N) is 1. The van der Waals surface area contributed by atoms with Crippen molar-refractivity contribution < 1.29 is 4.79 Å². The number of aromatic nitrogens is 4. The minimum absolute atomic E-state index is 0.0665. The standard InChI is InChI=1S/C17H23N5OS/c1-12-10-13(2)22(21-12)16-17(19-9-8-18-16)24-11-15(23)20-14-6-4-3-5-7-14/h8-10,14H,3-7,11H2,1-2H3,(H,20,23). The highest BCUT2D eigenvalue weighted by Crippen LogP contribution is 2.23. The second-order valence-electron chi connectivity index (χ2n) is 6.22. The summed E-state index contributed by atoms with van der Waals surface area (Å²) in [6, 6.07) is 2.34. The summed E-state index contributed by atoms with van der Waals surface area (Å²) in [6.45, 7) is 3.93. The van der Waals surface area contributed by atoms with Gasteiger partial charge in [0.2, 0.25) is 5.91 Å². The quantitative estimate of drug-likeness (QED) is 0.844. The average molecular weight is 345 g/mol. The molecule has 1 N–H and O–H groups in total. The lowest BCUT2D eigenvalue weighted by molar-refractivity contribution is -0.119. The molecule has 1 aliphatic carbocycles. The van der Waals surface area contributed by atoms with Gasteiger partial charge in [-0.2, -0.15) is 5.10 Å². The Morgan fingerprint density at radius 1 is 1.25 bits per heavy atom. The van der Waals surface area contributed by atoms with Crippen molar-refractivity contribution in [3.8, 4) is 5.82 Å². The number of nitrogens with zero attached hydrogens (tertiary/aromatic N) is 4. The van der Waals surface area contributed by atoms with Gasteiger partial charge in [-0.05, 0) is 32.8 Å². The van der Waals surface area contributed by atoms with Gasteiger partial charge in [-0.3, -0.25) is 4.79 Å². The highest BCUT2D eigenvalue weighted by molar-refractivity contribution is 8.00. The predicted octanol–water partition coefficient (Wildman–Crippen LogP) is 2.82. The molecule has 2 aromatic rings. The molecule has 0 spiro atoms. The first-order chi connectivity index (χ1) is 11.6. The molecule has 1 saturated carbocycles. The molecule has 3 rings (SSSR count). The lowest BCUT2D eigenvalue weighted by Crippen LogP contribution is -2.37. The molecular formula is C17H23N5OS. The smallest absolute Gasteiger partial charge is 0.230 e. The second kappa shape index (κ2) is 7.79. The highest BCUT2D eigenvalue weighted by Gasteiger charge is 2.17. The van der Waals surface area contributed by atoms with Crippen LogP contribution in [0.25, 0.3) is 5.82 Å². The van der Waals surface area contributed by atoms with Crippen molar-refractivity contribution in [1.82, 2.24) is 25.1 Å². The van der Waals surface area contributed by atoms with E-state index in [1.807, 2.05) is 19.9 Å². The number of thioether (sulfide) groups is 1. The number of carbonyl (C=O) groups excluding carboxylic acids is 1. The lowest BCUT2D eigenvalue weighted by atomic mass is 9.95. The summed E-state index contributed by atoms with van der Waals surface area (Å²) in [7, 11) is 0. The molecule has 2 heterocycles. The van der Waals surface area contributed by atoms with Crippen molar-refractivity contribution >= 4 is 17.7 Å². The van der Waals surface area contributed by atoms with Gasteiger partial charge < -0.3 is 5.32 Å². The summed E-state index contributed by atoms with van der Waals surface area (Å²) in [6.07, 6.45) is 9.20. The molecule has 0 saturated heterocycles. The maximum Gasteiger partial charge on any atom is 0.230 e. The van der Waals surface area contributed by atoms with E-state index < -0.39 is 0 Å². The van der Waals surface area contributed by atoms with Crippen LogP contribution in [0.3, 0.4) is 0 Å². The van der Waals surface area contributed by atoms with E-state index >= 15 is 0 Å². The zero-order valence-electron chi connectivity index (χ0n) is 14.2. The summed E-state index contributed by atoms with van der Waals surface area (Å²) < 4.78 is 1.78. The average Bonchev–Trinajstić information content (AvgIpc) is 2.92. The first-order valence-electron chi connectivity index (χ1n) is 8.40. The number of amides is 1. The first-order valence-corrected chi connectivity index (χ1v) is 9.39. The SMILES string of the molecule is Cc1cc(C)n(-c2nccnc2SCC(=O)NC2CCCCC2)n1. The minimum Gasteiger partial charge on any atom is -0.353 e. The summed E-state index contributed by atoms with van der Waals surface area (Å²) >= 11 is 1.41. The molecule has 0 radical (unpaired) electrons. The lowest BCUT2D eigenvalue weighted by Gasteiger charge is -2.22. The van der Waals surface area contributed by atoms with Gasteiger partial charge in [-0.1, -0.05) is 31.0 Å². The van der Waals surface area contributed by atoms with Crippen LogP contribution < -0.4 is 5.32 Å². The van der Waals surface area contributed by atoms with Crippen LogP contribution in [0.15, 0.2) is 23.5 Å². The van der Waals surface area contributed by atoms with Gasteiger partial charge in [-0.15, -0.1) is 0 Å². The Labute approximate surface area is 146 Å². The van der Waals surface area contributed by atoms with Crippen molar-refractivity contribution in [2.45, 2.75) is 57.0 Å². The van der Waals surface area contributed by atoms with E-state index in [1.54, 1.807) is 17.1 Å². The minimum atomic E-state index is 0.0665. The van der Waals surface area contributed by atoms with Crippen LogP contribution in [0, 0.1) is 13.8 Å². The number of carbonyl (C=O) groups is 1. The molecule has 0 aliphatic heterocycles. The maximum atomic E-state index is 12.2. The van der Waals surface area contributed by atoms with Crippen LogP contribution in [0.5, 0.6) is 0 Å². The summed E-state index contributed by atoms with van der Waals surface area (Å²) in [5, 5.41) is 8.32. The van der Waals surface area contributed by atoms with Gasteiger partial charge in [-0.25, -0.2) is 14.6 Å². The van der Waals surface area contributed by atoms with Crippen LogP contribution in [0.4, 0.5) is 0 Å². The van der Waals surface area contributed by atoms with Crippen molar-refractivity contribution in [2.75, 3.05) is 5.75 Å². The molecule has 7 heteroatoms. The molecule has 1 amide bonds. The number of hydrogen-bond acceptors (Lipinski definition) is 5. The van der Waals surface area contributed by atoms with E-state index in [0.717, 1.165) is 29.3 Å². The number of hydrogen-bond donors (Lipinski definition) is 1. The predicted molar refractivity (Wildman–Crippen MR) is 94.4 cm³/mol. The topological polar surface area (TPSA) is 72.7 Å². The fourth-order valence-electron chi connectivity index (χ4n) is 3.06. The van der Waals surface area contributed by atoms with E-state index in [1.165, 1.54) is 31.0 Å². The normalized spacial score (nSPS) is 15.4. The van der Waals surface area contributed by atoms with Crippen molar-refractivity contribution in [2.24, 2.45) is 0 Å². The number of aryl methyl sites for hydroxylation is 2. The van der Waals surface area contributed by atoms with Gasteiger partial charge in [0.15, 0.2) is 5.82 Å². The maximum absolute atomic E-state index is 12.2. The molecule has 1 aliphatic rings. The van der Waals surface area contributed by atoms with Gasteiger partial charge in [0.25, 0.3) is 0 Å². The molecule has 0 bridgehead atoms. The Morgan fingerprint density at radius 2 is 2.00 bits per heavy atom. The summed E-state index contributed by atoms with van der Waals surface area (Å²) in [5.74, 6) is 1.09. The monoisotopic (exact) mass is 345 g/mol. The highest BCUT2D eigenvalue weighted by atomic mass is 32.2. The zero-order valence-corrected chi connectivity index (χ0v) is 15.0. The third kappa shape index (κ3) is 4.14. The van der Waals surface area contributed by atoms with Gasteiger partial charge in [0.05, 0.1) is 11.4 Å². The van der Waals surface area contributed by atoms with E-state index in [9.17, 15) is 4.79 Å². The molecule has 0 atom stereocenters. The van der Waals surface area contributed by atoms with Crippen molar-refractivity contribution in [3.63, 3.8) is 0 Å². The Kier molecular flexibility index (Phi) is 5.50. The fraction of sp³-hybridized carbons (Fsp3) is 0.529. The van der Waals surface area contributed by atoms with E-state index in [-0.39, 0.29) is 5.91 Å². The van der Waals surface area contributed by atoms with E-state index in [4.69, 9.17) is 0 Å². The number of rotatable bonds is 5. The largest absolute Gasteiger partial charge is 0.353 e. The van der Waals surface area contributed by atoms with Crippen LogP contribution in [0.1, 0.15) is 43.5 Å². The first kappa shape index (κ1) is 17.0. The third-order valence-electron chi connectivity index (χ3n) is 4.17. The third-order valence-corrected chi connectivity index (χ3v) is 5.13. The van der Waals surface area contributed by atoms with Crippen LogP contribution >= 0.6 is 11.8 Å². The van der Waals surface area contributed by atoms with Crippen LogP contribution in [-0.4, -0.2) is 37.5 Å². The van der Waals surface area contributed by atoms with Crippen molar-refractivity contribution in [3.05, 3.63) is 29.8 Å². The Bertz CT molecular complexity index is 709. The zero-order chi connectivity index (χ0) is 16.9. The summed E-state index contributed by atoms with van der Waals surface area (Å²) in [4.78, 5) is 21.0. The molecule has 1 fully saturated rings. The molecule has 0 aromatic carbocycles. The van der Waals surface area contributed by atoms with Crippen LogP contribution in [0.2, 0.25) is 0 Å². The van der Waals surface area contributed by atoms with E-state index in [0.29, 0.717) is 17.6 Å². The fourth-order valence-corrected chi connectivity index (χ4v) is 3.81. The van der Waals surface area contributed by atoms with Crippen LogP contribution in [-0.2, 0) is 4.79 Å².